The molecule has 0 aromatic rings. The number of carbonyl (C=O) groups excluding carboxylic acids is 1. The fraction of sp³-hybridized carbons (Fsp3) is 0.812. The summed E-state index contributed by atoms with van der Waals surface area (Å²) < 4.78 is 0. The topological polar surface area (TPSA) is 17.1 Å². The predicted octanol–water partition coefficient (Wildman–Crippen LogP) is 4.52. The van der Waals surface area contributed by atoms with Crippen molar-refractivity contribution >= 4 is 5.78 Å². The Morgan fingerprint density at radius 2 is 1.82 bits per heavy atom. The molecule has 0 amide bonds. The van der Waals surface area contributed by atoms with E-state index in [-0.39, 0.29) is 5.41 Å². The van der Waals surface area contributed by atoms with Crippen LogP contribution in [0.15, 0.2) is 11.1 Å². The molecule has 0 spiro atoms. The molecular weight excluding hydrogens is 208 g/mol. The quantitative estimate of drug-likeness (QED) is 0.610. The molecule has 0 heterocycles. The molecule has 0 aromatic carbocycles. The highest BCUT2D eigenvalue weighted by Crippen LogP contribution is 2.54. The standard InChI is InChI=1S/C16H26O/c1-11-14-13(7-6-9-15(14,3)4)8-10-16(11,5)12(2)17/h11H,6-10H2,1-5H3/t11?,16-/m1/s1. The lowest BCUT2D eigenvalue weighted by molar-refractivity contribution is -0.128. The summed E-state index contributed by atoms with van der Waals surface area (Å²) in [5.74, 6) is 0.803. The van der Waals surface area contributed by atoms with Crippen molar-refractivity contribution in [3.05, 3.63) is 11.1 Å². The third-order valence-electron chi connectivity index (χ3n) is 5.53. The van der Waals surface area contributed by atoms with Gasteiger partial charge in [-0.25, -0.2) is 0 Å². The zero-order valence-corrected chi connectivity index (χ0v) is 12.0. The number of hydrogen-bond acceptors (Lipinski definition) is 1. The van der Waals surface area contributed by atoms with E-state index in [1.165, 1.54) is 19.3 Å². The highest BCUT2D eigenvalue weighted by Gasteiger charge is 2.46. The zero-order valence-electron chi connectivity index (χ0n) is 12.0. The van der Waals surface area contributed by atoms with Crippen molar-refractivity contribution in [3.63, 3.8) is 0 Å². The molecule has 0 fully saturated rings. The molecule has 1 unspecified atom stereocenters. The van der Waals surface area contributed by atoms with Crippen molar-refractivity contribution in [3.8, 4) is 0 Å². The summed E-state index contributed by atoms with van der Waals surface area (Å²) in [5.41, 5.74) is 3.48. The lowest BCUT2D eigenvalue weighted by Gasteiger charge is -2.48. The number of hydrogen-bond donors (Lipinski definition) is 0. The molecule has 2 rings (SSSR count). The van der Waals surface area contributed by atoms with E-state index >= 15 is 0 Å². The van der Waals surface area contributed by atoms with E-state index in [0.717, 1.165) is 12.8 Å². The maximum atomic E-state index is 12.0. The van der Waals surface area contributed by atoms with Crippen molar-refractivity contribution in [2.45, 2.75) is 66.7 Å². The third kappa shape index (κ3) is 1.88. The van der Waals surface area contributed by atoms with Crippen molar-refractivity contribution in [1.82, 2.24) is 0 Å². The van der Waals surface area contributed by atoms with E-state index in [1.807, 2.05) is 0 Å². The lowest BCUT2D eigenvalue weighted by Crippen LogP contribution is -2.42. The van der Waals surface area contributed by atoms with Crippen molar-refractivity contribution < 1.29 is 4.79 Å². The monoisotopic (exact) mass is 234 g/mol. The first-order valence-corrected chi connectivity index (χ1v) is 7.02. The fourth-order valence-corrected chi connectivity index (χ4v) is 4.07. The highest BCUT2D eigenvalue weighted by atomic mass is 16.1. The van der Waals surface area contributed by atoms with Crippen molar-refractivity contribution in [1.29, 1.82) is 0 Å². The molecule has 0 saturated heterocycles. The van der Waals surface area contributed by atoms with E-state index in [4.69, 9.17) is 0 Å². The largest absolute Gasteiger partial charge is 0.299 e. The van der Waals surface area contributed by atoms with Gasteiger partial charge in [0.2, 0.25) is 0 Å². The second-order valence-electron chi connectivity index (χ2n) is 6.95. The van der Waals surface area contributed by atoms with Crippen LogP contribution < -0.4 is 0 Å². The van der Waals surface area contributed by atoms with Crippen LogP contribution in [-0.2, 0) is 4.79 Å². The van der Waals surface area contributed by atoms with Crippen molar-refractivity contribution in [2.75, 3.05) is 0 Å². The predicted molar refractivity (Wildman–Crippen MR) is 71.8 cm³/mol. The number of carbonyl (C=O) groups is 1. The van der Waals surface area contributed by atoms with Gasteiger partial charge in [-0.15, -0.1) is 0 Å². The van der Waals surface area contributed by atoms with E-state index in [0.29, 0.717) is 17.1 Å². The van der Waals surface area contributed by atoms with Gasteiger partial charge >= 0.3 is 0 Å². The number of Topliss-reactive ketones (excluding diaryl/α,β-unsaturated/α-hetero) is 1. The SMILES string of the molecule is CC(=O)[C@]1(C)CCC2=C(C1C)C(C)(C)CCC2. The van der Waals surface area contributed by atoms with Gasteiger partial charge in [0.1, 0.15) is 5.78 Å². The van der Waals surface area contributed by atoms with E-state index in [9.17, 15) is 4.79 Å². The molecule has 0 N–H and O–H groups in total. The maximum absolute atomic E-state index is 12.0. The van der Waals surface area contributed by atoms with Crippen LogP contribution in [0.3, 0.4) is 0 Å². The summed E-state index contributed by atoms with van der Waals surface area (Å²) in [6.45, 7) is 11.0. The Labute approximate surface area is 106 Å². The van der Waals surface area contributed by atoms with Gasteiger partial charge in [-0.2, -0.15) is 0 Å². The van der Waals surface area contributed by atoms with E-state index < -0.39 is 0 Å². The first-order valence-electron chi connectivity index (χ1n) is 7.02. The maximum Gasteiger partial charge on any atom is 0.136 e. The molecule has 2 aliphatic carbocycles. The van der Waals surface area contributed by atoms with Crippen LogP contribution in [0.1, 0.15) is 66.7 Å². The summed E-state index contributed by atoms with van der Waals surface area (Å²) in [4.78, 5) is 12.0. The molecule has 2 atom stereocenters. The highest BCUT2D eigenvalue weighted by molar-refractivity contribution is 5.83. The van der Waals surface area contributed by atoms with Gasteiger partial charge in [-0.3, -0.25) is 4.79 Å². The molecule has 17 heavy (non-hydrogen) atoms. The lowest BCUT2D eigenvalue weighted by atomic mass is 9.55. The number of ketones is 1. The number of allylic oxidation sites excluding steroid dienone is 2. The minimum absolute atomic E-state index is 0.118. The van der Waals surface area contributed by atoms with Gasteiger partial charge in [0.05, 0.1) is 0 Å². The molecule has 0 saturated carbocycles. The summed E-state index contributed by atoms with van der Waals surface area (Å²) in [7, 11) is 0. The van der Waals surface area contributed by atoms with E-state index in [2.05, 4.69) is 27.7 Å². The average molecular weight is 234 g/mol. The fourth-order valence-electron chi connectivity index (χ4n) is 4.07. The molecular formula is C16H26O. The minimum atomic E-state index is -0.118. The molecule has 0 bridgehead atoms. The molecule has 0 radical (unpaired) electrons. The smallest absolute Gasteiger partial charge is 0.136 e. The van der Waals surface area contributed by atoms with Crippen molar-refractivity contribution in [2.24, 2.45) is 16.7 Å². The van der Waals surface area contributed by atoms with Gasteiger partial charge < -0.3 is 0 Å². The Bertz CT molecular complexity index is 375. The first kappa shape index (κ1) is 12.9. The molecule has 96 valence electrons. The van der Waals surface area contributed by atoms with Gasteiger partial charge in [0, 0.05) is 5.41 Å². The van der Waals surface area contributed by atoms with Crippen LogP contribution in [0, 0.1) is 16.7 Å². The molecule has 2 aliphatic rings. The Morgan fingerprint density at radius 1 is 1.18 bits per heavy atom. The Hall–Kier alpha value is -0.590. The van der Waals surface area contributed by atoms with Gasteiger partial charge in [-0.1, -0.05) is 38.8 Å². The van der Waals surface area contributed by atoms with Crippen LogP contribution in [0.5, 0.6) is 0 Å². The zero-order chi connectivity index (χ0) is 12.8. The van der Waals surface area contributed by atoms with Crippen LogP contribution in [0.4, 0.5) is 0 Å². The Kier molecular flexibility index (Phi) is 3.00. The van der Waals surface area contributed by atoms with E-state index in [1.54, 1.807) is 18.1 Å². The minimum Gasteiger partial charge on any atom is -0.299 e. The van der Waals surface area contributed by atoms with Crippen LogP contribution in [-0.4, -0.2) is 5.78 Å². The molecule has 0 aromatic heterocycles. The normalized spacial score (nSPS) is 36.6. The van der Waals surface area contributed by atoms with Gasteiger partial charge in [0.25, 0.3) is 0 Å². The van der Waals surface area contributed by atoms with Gasteiger partial charge in [0.15, 0.2) is 0 Å². The van der Waals surface area contributed by atoms with Gasteiger partial charge in [-0.05, 0) is 50.4 Å². The molecule has 1 heteroatoms. The summed E-state index contributed by atoms with van der Waals surface area (Å²) in [6, 6.07) is 0. The third-order valence-corrected chi connectivity index (χ3v) is 5.53. The number of rotatable bonds is 1. The summed E-state index contributed by atoms with van der Waals surface area (Å²) >= 11 is 0. The molecule has 1 nitrogen and oxygen atoms in total. The van der Waals surface area contributed by atoms with Crippen LogP contribution >= 0.6 is 0 Å². The average Bonchev–Trinajstić information content (AvgIpc) is 2.22. The first-order chi connectivity index (χ1) is 7.79. The summed E-state index contributed by atoms with van der Waals surface area (Å²) in [5, 5.41) is 0. The van der Waals surface area contributed by atoms with Crippen LogP contribution in [0.2, 0.25) is 0 Å². The summed E-state index contributed by atoms with van der Waals surface area (Å²) in [6.07, 6.45) is 6.09. The second kappa shape index (κ2) is 3.96. The second-order valence-corrected chi connectivity index (χ2v) is 6.95. The van der Waals surface area contributed by atoms with Crippen LogP contribution in [0.25, 0.3) is 0 Å². The Balaban J connectivity index is 2.45. The molecule has 0 aliphatic heterocycles. The Morgan fingerprint density at radius 3 is 2.41 bits per heavy atom.